The summed E-state index contributed by atoms with van der Waals surface area (Å²) in [6.07, 6.45) is 0. The lowest BCUT2D eigenvalue weighted by atomic mass is 10.4. The third-order valence-corrected chi connectivity index (χ3v) is 4.02. The number of carboxylic acid groups (broad SMARTS) is 1. The molecule has 0 aromatic carbocycles. The van der Waals surface area contributed by atoms with Crippen LogP contribution in [0.5, 0.6) is 0 Å². The van der Waals surface area contributed by atoms with E-state index in [1.165, 1.54) is 11.3 Å². The smallest absolute Gasteiger partial charge is 0.313 e. The SMILES string of the molecule is CN(Cc1ccc(Cl)s1)C(=O)CSCC(=O)O. The number of hydrogen-bond acceptors (Lipinski definition) is 4. The number of carbonyl (C=O) groups excluding carboxylic acids is 1. The van der Waals surface area contributed by atoms with Gasteiger partial charge in [-0.1, -0.05) is 11.6 Å². The average molecular weight is 294 g/mol. The molecule has 0 saturated carbocycles. The second kappa shape index (κ2) is 6.88. The van der Waals surface area contributed by atoms with Crippen molar-refractivity contribution in [2.45, 2.75) is 6.54 Å². The third kappa shape index (κ3) is 5.43. The van der Waals surface area contributed by atoms with Gasteiger partial charge >= 0.3 is 5.97 Å². The summed E-state index contributed by atoms with van der Waals surface area (Å²) in [5.74, 6) is -0.858. The second-order valence-corrected chi connectivity index (χ2v) is 6.13. The first-order valence-electron chi connectivity index (χ1n) is 4.76. The maximum absolute atomic E-state index is 11.6. The normalized spacial score (nSPS) is 10.2. The largest absolute Gasteiger partial charge is 0.481 e. The molecule has 17 heavy (non-hydrogen) atoms. The predicted molar refractivity (Wildman–Crippen MR) is 70.8 cm³/mol. The van der Waals surface area contributed by atoms with Gasteiger partial charge in [0.25, 0.3) is 0 Å². The number of hydrogen-bond donors (Lipinski definition) is 1. The van der Waals surface area contributed by atoms with E-state index in [1.54, 1.807) is 18.0 Å². The van der Waals surface area contributed by atoms with Crippen LogP contribution in [0.15, 0.2) is 12.1 Å². The topological polar surface area (TPSA) is 57.6 Å². The van der Waals surface area contributed by atoms with E-state index in [0.29, 0.717) is 10.9 Å². The average Bonchev–Trinajstić information content (AvgIpc) is 2.63. The maximum atomic E-state index is 11.6. The van der Waals surface area contributed by atoms with Crippen LogP contribution in [0.2, 0.25) is 4.34 Å². The first kappa shape index (κ1) is 14.3. The highest BCUT2D eigenvalue weighted by molar-refractivity contribution is 8.00. The van der Waals surface area contributed by atoms with E-state index in [0.717, 1.165) is 16.6 Å². The highest BCUT2D eigenvalue weighted by atomic mass is 35.5. The van der Waals surface area contributed by atoms with Crippen molar-refractivity contribution >= 4 is 46.6 Å². The summed E-state index contributed by atoms with van der Waals surface area (Å²) in [6.45, 7) is 0.504. The number of amides is 1. The van der Waals surface area contributed by atoms with Gasteiger partial charge in [-0.3, -0.25) is 9.59 Å². The van der Waals surface area contributed by atoms with E-state index in [-0.39, 0.29) is 17.4 Å². The van der Waals surface area contributed by atoms with Crippen LogP contribution in [-0.4, -0.2) is 40.4 Å². The Morgan fingerprint density at radius 3 is 2.71 bits per heavy atom. The summed E-state index contributed by atoms with van der Waals surface area (Å²) in [4.78, 5) is 24.5. The summed E-state index contributed by atoms with van der Waals surface area (Å²) in [5.41, 5.74) is 0. The molecule has 0 aliphatic carbocycles. The number of nitrogens with zero attached hydrogens (tertiary/aromatic N) is 1. The molecule has 0 saturated heterocycles. The molecule has 1 heterocycles. The number of carbonyl (C=O) groups is 2. The minimum atomic E-state index is -0.907. The molecule has 1 aromatic heterocycles. The summed E-state index contributed by atoms with van der Waals surface area (Å²) in [6, 6.07) is 3.67. The van der Waals surface area contributed by atoms with E-state index < -0.39 is 5.97 Å². The van der Waals surface area contributed by atoms with Crippen LogP contribution in [0, 0.1) is 0 Å². The minimum absolute atomic E-state index is 0.0512. The van der Waals surface area contributed by atoms with Gasteiger partial charge in [-0.05, 0) is 12.1 Å². The van der Waals surface area contributed by atoms with Crippen LogP contribution in [0.25, 0.3) is 0 Å². The highest BCUT2D eigenvalue weighted by Crippen LogP contribution is 2.22. The summed E-state index contributed by atoms with van der Waals surface area (Å²) in [7, 11) is 1.69. The number of rotatable bonds is 6. The zero-order valence-corrected chi connectivity index (χ0v) is 11.6. The maximum Gasteiger partial charge on any atom is 0.313 e. The van der Waals surface area contributed by atoms with Crippen LogP contribution < -0.4 is 0 Å². The predicted octanol–water partition coefficient (Wildman–Crippen LogP) is 2.18. The molecule has 0 aliphatic rings. The fourth-order valence-electron chi connectivity index (χ4n) is 1.09. The summed E-state index contributed by atoms with van der Waals surface area (Å²) < 4.78 is 0.695. The van der Waals surface area contributed by atoms with E-state index in [9.17, 15) is 9.59 Å². The molecule has 1 rings (SSSR count). The molecule has 94 valence electrons. The Morgan fingerprint density at radius 1 is 1.47 bits per heavy atom. The van der Waals surface area contributed by atoms with Crippen LogP contribution in [-0.2, 0) is 16.1 Å². The van der Waals surface area contributed by atoms with Crippen LogP contribution in [0.1, 0.15) is 4.88 Å². The molecular formula is C10H12ClNO3S2. The van der Waals surface area contributed by atoms with Crippen LogP contribution >= 0.6 is 34.7 Å². The first-order chi connectivity index (χ1) is 7.99. The van der Waals surface area contributed by atoms with Gasteiger partial charge in [0.05, 0.1) is 22.4 Å². The van der Waals surface area contributed by atoms with Gasteiger partial charge in [-0.2, -0.15) is 0 Å². The number of halogens is 1. The molecule has 0 fully saturated rings. The van der Waals surface area contributed by atoms with E-state index in [4.69, 9.17) is 16.7 Å². The van der Waals surface area contributed by atoms with Crippen molar-refractivity contribution in [1.82, 2.24) is 4.90 Å². The minimum Gasteiger partial charge on any atom is -0.481 e. The monoisotopic (exact) mass is 293 g/mol. The lowest BCUT2D eigenvalue weighted by Gasteiger charge is -2.15. The number of thiophene rings is 1. The Balaban J connectivity index is 2.34. The number of aliphatic carboxylic acids is 1. The third-order valence-electron chi connectivity index (χ3n) is 1.90. The fraction of sp³-hybridized carbons (Fsp3) is 0.400. The van der Waals surface area contributed by atoms with Crippen molar-refractivity contribution in [1.29, 1.82) is 0 Å². The lowest BCUT2D eigenvalue weighted by Crippen LogP contribution is -2.27. The Bertz CT molecular complexity index is 408. The number of carboxylic acids is 1. The molecule has 7 heteroatoms. The van der Waals surface area contributed by atoms with E-state index in [1.807, 2.05) is 6.07 Å². The Morgan fingerprint density at radius 2 is 2.18 bits per heavy atom. The van der Waals surface area contributed by atoms with Crippen molar-refractivity contribution in [3.05, 3.63) is 21.3 Å². The quantitative estimate of drug-likeness (QED) is 0.873. The summed E-state index contributed by atoms with van der Waals surface area (Å²) in [5, 5.41) is 8.44. The zero-order chi connectivity index (χ0) is 12.8. The van der Waals surface area contributed by atoms with Crippen molar-refractivity contribution in [2.24, 2.45) is 0 Å². The molecule has 0 radical (unpaired) electrons. The molecule has 0 aliphatic heterocycles. The van der Waals surface area contributed by atoms with Gasteiger partial charge in [-0.25, -0.2) is 0 Å². The van der Waals surface area contributed by atoms with Gasteiger partial charge in [0.15, 0.2) is 0 Å². The molecule has 1 amide bonds. The van der Waals surface area contributed by atoms with Crippen LogP contribution in [0.4, 0.5) is 0 Å². The van der Waals surface area contributed by atoms with Gasteiger partial charge in [0.2, 0.25) is 5.91 Å². The molecule has 0 spiro atoms. The zero-order valence-electron chi connectivity index (χ0n) is 9.18. The molecule has 0 bridgehead atoms. The Kier molecular flexibility index (Phi) is 5.80. The highest BCUT2D eigenvalue weighted by Gasteiger charge is 2.11. The first-order valence-corrected chi connectivity index (χ1v) is 7.11. The molecule has 0 unspecified atom stereocenters. The van der Waals surface area contributed by atoms with Gasteiger partial charge in [-0.15, -0.1) is 23.1 Å². The van der Waals surface area contributed by atoms with E-state index in [2.05, 4.69) is 0 Å². The molecule has 1 N–H and O–H groups in total. The Labute approximate surface area is 113 Å². The standard InChI is InChI=1S/C10H12ClNO3S2/c1-12(4-7-2-3-8(11)17-7)9(13)5-16-6-10(14)15/h2-3H,4-6H2,1H3,(H,14,15). The van der Waals surface area contributed by atoms with Crippen LogP contribution in [0.3, 0.4) is 0 Å². The molecule has 4 nitrogen and oxygen atoms in total. The van der Waals surface area contributed by atoms with Gasteiger partial charge in [0.1, 0.15) is 0 Å². The molecule has 0 atom stereocenters. The summed E-state index contributed by atoms with van der Waals surface area (Å²) >= 11 is 8.32. The van der Waals surface area contributed by atoms with Crippen molar-refractivity contribution < 1.29 is 14.7 Å². The fourth-order valence-corrected chi connectivity index (χ4v) is 2.91. The van der Waals surface area contributed by atoms with Crippen molar-refractivity contribution in [3.63, 3.8) is 0 Å². The van der Waals surface area contributed by atoms with Crippen molar-refractivity contribution in [2.75, 3.05) is 18.6 Å². The van der Waals surface area contributed by atoms with Crippen molar-refractivity contribution in [3.8, 4) is 0 Å². The van der Waals surface area contributed by atoms with Gasteiger partial charge in [0, 0.05) is 11.9 Å². The molecular weight excluding hydrogens is 282 g/mol. The van der Waals surface area contributed by atoms with Gasteiger partial charge < -0.3 is 10.0 Å². The number of thioether (sulfide) groups is 1. The Hall–Kier alpha value is -0.720. The second-order valence-electron chi connectivity index (χ2n) is 3.34. The van der Waals surface area contributed by atoms with E-state index >= 15 is 0 Å². The lowest BCUT2D eigenvalue weighted by molar-refractivity contribution is -0.133. The molecule has 1 aromatic rings.